The number of nitrogens with one attached hydrogen (secondary N) is 2. The second-order valence-corrected chi connectivity index (χ2v) is 7.99. The molecule has 0 saturated carbocycles. The Labute approximate surface area is 193 Å². The predicted octanol–water partition coefficient (Wildman–Crippen LogP) is 5.65. The fourth-order valence-corrected chi connectivity index (χ4v) is 3.67. The van der Waals surface area contributed by atoms with Gasteiger partial charge in [-0.2, -0.15) is 0 Å². The number of carbonyl (C=O) groups is 1. The summed E-state index contributed by atoms with van der Waals surface area (Å²) in [5.74, 6) is -0.411. The number of rotatable bonds is 9. The average Bonchev–Trinajstić information content (AvgIpc) is 2.81. The second kappa shape index (κ2) is 10.6. The minimum absolute atomic E-state index is 0.170. The predicted molar refractivity (Wildman–Crippen MR) is 132 cm³/mol. The first kappa shape index (κ1) is 23.7. The fourth-order valence-electron chi connectivity index (χ4n) is 3.67. The number of nitro groups is 1. The normalized spacial score (nSPS) is 11.7. The number of benzene rings is 2. The largest absolute Gasteiger partial charge is 0.371 e. The van der Waals surface area contributed by atoms with Gasteiger partial charge in [0.25, 0.3) is 11.6 Å². The minimum atomic E-state index is -0.496. The van der Waals surface area contributed by atoms with Crippen LogP contribution in [0.3, 0.4) is 0 Å². The van der Waals surface area contributed by atoms with E-state index >= 15 is 0 Å². The van der Waals surface area contributed by atoms with E-state index in [0.717, 1.165) is 17.9 Å². The number of anilines is 3. The summed E-state index contributed by atoms with van der Waals surface area (Å²) < 4.78 is 0. The van der Waals surface area contributed by atoms with Gasteiger partial charge in [0.05, 0.1) is 16.7 Å². The first-order valence-electron chi connectivity index (χ1n) is 10.9. The van der Waals surface area contributed by atoms with Crippen LogP contribution < -0.4 is 15.5 Å². The molecule has 1 amide bonds. The van der Waals surface area contributed by atoms with Crippen molar-refractivity contribution in [2.45, 2.75) is 39.8 Å². The minimum Gasteiger partial charge on any atom is -0.371 e. The maximum atomic E-state index is 12.8. The van der Waals surface area contributed by atoms with E-state index in [-0.39, 0.29) is 17.3 Å². The van der Waals surface area contributed by atoms with Gasteiger partial charge in [0.1, 0.15) is 5.69 Å². The van der Waals surface area contributed by atoms with Crippen LogP contribution >= 0.6 is 0 Å². The van der Waals surface area contributed by atoms with Gasteiger partial charge in [-0.3, -0.25) is 19.9 Å². The van der Waals surface area contributed by atoms with E-state index in [0.29, 0.717) is 17.4 Å². The van der Waals surface area contributed by atoms with Crippen molar-refractivity contribution < 1.29 is 9.72 Å². The first-order valence-corrected chi connectivity index (χ1v) is 10.9. The highest BCUT2D eigenvalue weighted by atomic mass is 16.6. The molecule has 8 nitrogen and oxygen atoms in total. The van der Waals surface area contributed by atoms with Crippen LogP contribution in [-0.4, -0.2) is 28.4 Å². The van der Waals surface area contributed by atoms with E-state index in [1.165, 1.54) is 6.07 Å². The molecule has 1 atom stereocenters. The molecule has 0 aliphatic heterocycles. The number of pyridine rings is 1. The Balaban J connectivity index is 1.76. The lowest BCUT2D eigenvalue weighted by Gasteiger charge is -2.27. The van der Waals surface area contributed by atoms with Crippen molar-refractivity contribution in [1.82, 2.24) is 4.98 Å². The van der Waals surface area contributed by atoms with Crippen molar-refractivity contribution in [2.75, 3.05) is 22.1 Å². The highest BCUT2D eigenvalue weighted by Gasteiger charge is 2.20. The molecule has 0 saturated heterocycles. The molecule has 1 heterocycles. The summed E-state index contributed by atoms with van der Waals surface area (Å²) in [4.78, 5) is 30.4. The fraction of sp³-hybridized carbons (Fsp3) is 0.280. The monoisotopic (exact) mass is 447 g/mol. The molecule has 0 spiro atoms. The molecule has 0 fully saturated rings. The maximum Gasteiger partial charge on any atom is 0.293 e. The van der Waals surface area contributed by atoms with Crippen LogP contribution in [-0.2, 0) is 0 Å². The molecule has 8 heteroatoms. The summed E-state index contributed by atoms with van der Waals surface area (Å²) in [6.45, 7) is 9.10. The topological polar surface area (TPSA) is 100 Å². The number of aromatic nitrogens is 1. The summed E-state index contributed by atoms with van der Waals surface area (Å²) in [5, 5.41) is 17.6. The van der Waals surface area contributed by atoms with Crippen molar-refractivity contribution in [2.24, 2.45) is 0 Å². The molecule has 2 aromatic carbocycles. The summed E-state index contributed by atoms with van der Waals surface area (Å²) in [6, 6.07) is 17.6. The smallest absolute Gasteiger partial charge is 0.293 e. The number of nitrogens with zero attached hydrogens (tertiary/aromatic N) is 3. The Morgan fingerprint density at radius 1 is 1.09 bits per heavy atom. The lowest BCUT2D eigenvalue weighted by molar-refractivity contribution is -0.384. The molecular formula is C25H29N5O3. The van der Waals surface area contributed by atoms with E-state index in [1.807, 2.05) is 49.4 Å². The van der Waals surface area contributed by atoms with Gasteiger partial charge in [-0.1, -0.05) is 6.07 Å². The molecule has 0 aliphatic carbocycles. The number of amides is 1. The third-order valence-electron chi connectivity index (χ3n) is 5.38. The van der Waals surface area contributed by atoms with Crippen molar-refractivity contribution in [3.05, 3.63) is 88.2 Å². The Morgan fingerprint density at radius 2 is 1.82 bits per heavy atom. The van der Waals surface area contributed by atoms with Gasteiger partial charge in [-0.25, -0.2) is 0 Å². The van der Waals surface area contributed by atoms with Gasteiger partial charge in [-0.05, 0) is 76.2 Å². The lowest BCUT2D eigenvalue weighted by atomic mass is 10.1. The van der Waals surface area contributed by atoms with Crippen molar-refractivity contribution in [3.63, 3.8) is 0 Å². The Hall–Kier alpha value is -3.94. The van der Waals surface area contributed by atoms with Crippen LogP contribution in [0.25, 0.3) is 0 Å². The average molecular weight is 448 g/mol. The summed E-state index contributed by atoms with van der Waals surface area (Å²) in [5.41, 5.74) is 2.81. The van der Waals surface area contributed by atoms with Crippen LogP contribution in [0.4, 0.5) is 22.7 Å². The zero-order chi connectivity index (χ0) is 24.0. The molecule has 0 radical (unpaired) electrons. The molecule has 3 aromatic rings. The zero-order valence-corrected chi connectivity index (χ0v) is 19.3. The Kier molecular flexibility index (Phi) is 7.61. The third-order valence-corrected chi connectivity index (χ3v) is 5.38. The van der Waals surface area contributed by atoms with Crippen LogP contribution in [0.15, 0.2) is 66.9 Å². The quantitative estimate of drug-likeness (QED) is 0.325. The number of hydrogen-bond acceptors (Lipinski definition) is 6. The highest BCUT2D eigenvalue weighted by Crippen LogP contribution is 2.29. The lowest BCUT2D eigenvalue weighted by Crippen LogP contribution is -2.30. The Morgan fingerprint density at radius 3 is 2.39 bits per heavy atom. The Bertz CT molecular complexity index is 1100. The van der Waals surface area contributed by atoms with Crippen LogP contribution in [0, 0.1) is 10.1 Å². The summed E-state index contributed by atoms with van der Waals surface area (Å²) in [6.07, 6.45) is 1.67. The van der Waals surface area contributed by atoms with Gasteiger partial charge >= 0.3 is 0 Å². The molecule has 33 heavy (non-hydrogen) atoms. The summed E-state index contributed by atoms with van der Waals surface area (Å²) in [7, 11) is 0. The molecule has 1 unspecified atom stereocenters. The number of nitro benzene ring substituents is 1. The van der Waals surface area contributed by atoms with Crippen molar-refractivity contribution in [3.8, 4) is 0 Å². The van der Waals surface area contributed by atoms with Gasteiger partial charge < -0.3 is 15.5 Å². The standard InChI is InChI=1S/C25H29N5O3/c1-5-29(17(2)3)21-12-10-20(11-13-21)28-25(31)19-9-14-23(24(16-19)30(32)33)27-18(4)22-8-6-7-15-26-22/h6-18,27H,5H2,1-4H3,(H,28,31). The van der Waals surface area contributed by atoms with Gasteiger partial charge in [-0.15, -0.1) is 0 Å². The van der Waals surface area contributed by atoms with Crippen molar-refractivity contribution in [1.29, 1.82) is 0 Å². The molecule has 0 bridgehead atoms. The number of hydrogen-bond donors (Lipinski definition) is 2. The highest BCUT2D eigenvalue weighted by molar-refractivity contribution is 6.05. The van der Waals surface area contributed by atoms with E-state index in [1.54, 1.807) is 18.3 Å². The third kappa shape index (κ3) is 5.85. The van der Waals surface area contributed by atoms with E-state index < -0.39 is 10.8 Å². The molecule has 3 rings (SSSR count). The molecule has 1 aromatic heterocycles. The van der Waals surface area contributed by atoms with Gasteiger partial charge in [0.15, 0.2) is 0 Å². The van der Waals surface area contributed by atoms with Crippen LogP contribution in [0.5, 0.6) is 0 Å². The maximum absolute atomic E-state index is 12.8. The first-order chi connectivity index (χ1) is 15.8. The van der Waals surface area contributed by atoms with Crippen LogP contribution in [0.1, 0.15) is 49.8 Å². The summed E-state index contributed by atoms with van der Waals surface area (Å²) >= 11 is 0. The van der Waals surface area contributed by atoms with Gasteiger partial charge in [0, 0.05) is 41.8 Å². The number of carbonyl (C=O) groups excluding carboxylic acids is 1. The molecule has 0 aliphatic rings. The molecule has 172 valence electrons. The molecule has 2 N–H and O–H groups in total. The second-order valence-electron chi connectivity index (χ2n) is 7.99. The van der Waals surface area contributed by atoms with Crippen LogP contribution in [0.2, 0.25) is 0 Å². The SMILES string of the molecule is CCN(c1ccc(NC(=O)c2ccc(NC(C)c3ccccn3)c([N+](=O)[O-])c2)cc1)C(C)C. The van der Waals surface area contributed by atoms with Crippen molar-refractivity contribution >= 4 is 28.7 Å². The van der Waals surface area contributed by atoms with E-state index in [9.17, 15) is 14.9 Å². The zero-order valence-electron chi connectivity index (χ0n) is 19.3. The molecular weight excluding hydrogens is 418 g/mol. The van der Waals surface area contributed by atoms with Gasteiger partial charge in [0.2, 0.25) is 0 Å². The van der Waals surface area contributed by atoms with E-state index in [2.05, 4.69) is 41.3 Å². The van der Waals surface area contributed by atoms with E-state index in [4.69, 9.17) is 0 Å².